The maximum atomic E-state index is 5.58. The standard InChI is InChI=1S/C26H56N8/c27-11-5-15-29-13-1-3-17-31-19-7-21-33-24-10-26-32(18-4-2-14-30-16-6-12-28)20-8-22-34(26)23-9-25(31)33/h25-26,29-30H,1-24,27-28H2. The number of rotatable bonds is 16. The molecule has 3 heterocycles. The van der Waals surface area contributed by atoms with Gasteiger partial charge in [0.25, 0.3) is 0 Å². The highest BCUT2D eigenvalue weighted by Gasteiger charge is 2.36. The van der Waals surface area contributed by atoms with Crippen LogP contribution in [0.3, 0.4) is 0 Å². The van der Waals surface area contributed by atoms with Crippen LogP contribution in [0.15, 0.2) is 0 Å². The predicted molar refractivity (Wildman–Crippen MR) is 144 cm³/mol. The van der Waals surface area contributed by atoms with Crippen molar-refractivity contribution in [3.63, 3.8) is 0 Å². The van der Waals surface area contributed by atoms with Gasteiger partial charge in [0.15, 0.2) is 0 Å². The first-order valence-corrected chi connectivity index (χ1v) is 14.6. The number of hydrogen-bond acceptors (Lipinski definition) is 8. The summed E-state index contributed by atoms with van der Waals surface area (Å²) >= 11 is 0. The van der Waals surface area contributed by atoms with Gasteiger partial charge in [0.1, 0.15) is 0 Å². The van der Waals surface area contributed by atoms with Crippen LogP contribution in [0.1, 0.15) is 64.2 Å². The van der Waals surface area contributed by atoms with Gasteiger partial charge in [-0.25, -0.2) is 0 Å². The molecule has 200 valence electrons. The van der Waals surface area contributed by atoms with E-state index >= 15 is 0 Å². The second-order valence-corrected chi connectivity index (χ2v) is 10.6. The summed E-state index contributed by atoms with van der Waals surface area (Å²) in [5.41, 5.74) is 11.2. The molecular weight excluding hydrogens is 424 g/mol. The van der Waals surface area contributed by atoms with Gasteiger partial charge in [0.05, 0.1) is 12.3 Å². The molecule has 3 aliphatic heterocycles. The molecule has 0 aliphatic carbocycles. The molecule has 0 aromatic rings. The molecule has 8 heteroatoms. The Morgan fingerprint density at radius 3 is 1.41 bits per heavy atom. The van der Waals surface area contributed by atoms with Crippen LogP contribution in [0.2, 0.25) is 0 Å². The third-order valence-electron chi connectivity index (χ3n) is 8.03. The van der Waals surface area contributed by atoms with E-state index in [1.807, 2.05) is 0 Å². The van der Waals surface area contributed by atoms with Crippen LogP contribution in [0, 0.1) is 0 Å². The van der Waals surface area contributed by atoms with Gasteiger partial charge >= 0.3 is 0 Å². The minimum Gasteiger partial charge on any atom is -0.330 e. The molecule has 0 bridgehead atoms. The SMILES string of the molecule is NCCCNCCCCN1CCCN2CCC3N(CCCCNCCCN)CCCN3CCC12. The van der Waals surface area contributed by atoms with Gasteiger partial charge in [-0.05, 0) is 117 Å². The number of unbranched alkanes of at least 4 members (excludes halogenated alkanes) is 2. The summed E-state index contributed by atoms with van der Waals surface area (Å²) in [6.07, 6.45) is 14.0. The summed E-state index contributed by atoms with van der Waals surface area (Å²) in [6, 6.07) is 0. The predicted octanol–water partition coefficient (Wildman–Crippen LogP) is 0.885. The average Bonchev–Trinajstić information content (AvgIpc) is 2.84. The highest BCUT2D eigenvalue weighted by atomic mass is 15.4. The molecule has 34 heavy (non-hydrogen) atoms. The number of nitrogens with one attached hydrogen (secondary N) is 2. The molecule has 3 fully saturated rings. The van der Waals surface area contributed by atoms with Crippen LogP contribution < -0.4 is 22.1 Å². The van der Waals surface area contributed by atoms with Crippen LogP contribution in [0.4, 0.5) is 0 Å². The van der Waals surface area contributed by atoms with E-state index in [0.717, 1.165) is 52.1 Å². The third-order valence-corrected chi connectivity index (χ3v) is 8.03. The van der Waals surface area contributed by atoms with Crippen molar-refractivity contribution in [3.8, 4) is 0 Å². The Labute approximate surface area is 210 Å². The molecule has 0 aromatic carbocycles. The first-order chi connectivity index (χ1) is 16.8. The van der Waals surface area contributed by atoms with Crippen LogP contribution >= 0.6 is 0 Å². The van der Waals surface area contributed by atoms with Crippen LogP contribution in [-0.2, 0) is 0 Å². The highest BCUT2D eigenvalue weighted by Crippen LogP contribution is 2.26. The Kier molecular flexibility index (Phi) is 14.3. The largest absolute Gasteiger partial charge is 0.330 e. The fourth-order valence-corrected chi connectivity index (χ4v) is 6.18. The lowest BCUT2D eigenvalue weighted by atomic mass is 10.0. The summed E-state index contributed by atoms with van der Waals surface area (Å²) in [5.74, 6) is 0. The van der Waals surface area contributed by atoms with Crippen LogP contribution in [-0.4, -0.2) is 124 Å². The van der Waals surface area contributed by atoms with E-state index in [0.29, 0.717) is 12.3 Å². The smallest absolute Gasteiger partial charge is 0.0634 e. The Bertz CT molecular complexity index is 463. The van der Waals surface area contributed by atoms with E-state index in [-0.39, 0.29) is 0 Å². The zero-order chi connectivity index (χ0) is 23.8. The van der Waals surface area contributed by atoms with Gasteiger partial charge in [0.2, 0.25) is 0 Å². The zero-order valence-corrected chi connectivity index (χ0v) is 22.1. The van der Waals surface area contributed by atoms with Crippen molar-refractivity contribution in [2.45, 2.75) is 76.5 Å². The molecule has 8 nitrogen and oxygen atoms in total. The van der Waals surface area contributed by atoms with Crippen molar-refractivity contribution in [2.75, 3.05) is 91.6 Å². The monoisotopic (exact) mass is 480 g/mol. The first kappa shape index (κ1) is 28.3. The van der Waals surface area contributed by atoms with E-state index in [4.69, 9.17) is 11.5 Å². The normalized spacial score (nSPS) is 25.6. The van der Waals surface area contributed by atoms with E-state index in [1.54, 1.807) is 0 Å². The Morgan fingerprint density at radius 2 is 0.971 bits per heavy atom. The van der Waals surface area contributed by atoms with Gasteiger partial charge in [-0.15, -0.1) is 0 Å². The summed E-state index contributed by atoms with van der Waals surface area (Å²) in [7, 11) is 0. The van der Waals surface area contributed by atoms with Gasteiger partial charge < -0.3 is 22.1 Å². The number of nitrogens with two attached hydrogens (primary N) is 2. The van der Waals surface area contributed by atoms with Crippen molar-refractivity contribution in [2.24, 2.45) is 11.5 Å². The number of fused-ring (bicyclic) bond motifs is 2. The van der Waals surface area contributed by atoms with Crippen molar-refractivity contribution >= 4 is 0 Å². The maximum Gasteiger partial charge on any atom is 0.0634 e. The summed E-state index contributed by atoms with van der Waals surface area (Å²) in [5, 5.41) is 7.07. The maximum absolute atomic E-state index is 5.58. The molecule has 0 amide bonds. The van der Waals surface area contributed by atoms with E-state index in [1.165, 1.54) is 104 Å². The minimum atomic E-state index is 0.662. The van der Waals surface area contributed by atoms with Crippen LogP contribution in [0.5, 0.6) is 0 Å². The van der Waals surface area contributed by atoms with E-state index < -0.39 is 0 Å². The van der Waals surface area contributed by atoms with Crippen LogP contribution in [0.25, 0.3) is 0 Å². The van der Waals surface area contributed by atoms with Crippen molar-refractivity contribution in [1.82, 2.24) is 30.2 Å². The summed E-state index contributed by atoms with van der Waals surface area (Å²) in [4.78, 5) is 11.3. The Balaban J connectivity index is 1.39. The number of nitrogens with zero attached hydrogens (tertiary/aromatic N) is 4. The topological polar surface area (TPSA) is 89.1 Å². The molecule has 3 rings (SSSR count). The second-order valence-electron chi connectivity index (χ2n) is 10.6. The van der Waals surface area contributed by atoms with E-state index in [2.05, 4.69) is 30.2 Å². The molecule has 2 atom stereocenters. The molecule has 3 aliphatic rings. The average molecular weight is 481 g/mol. The fourth-order valence-electron chi connectivity index (χ4n) is 6.18. The summed E-state index contributed by atoms with van der Waals surface area (Å²) < 4.78 is 0. The first-order valence-electron chi connectivity index (χ1n) is 14.6. The van der Waals surface area contributed by atoms with Crippen molar-refractivity contribution in [3.05, 3.63) is 0 Å². The Hall–Kier alpha value is -0.320. The third kappa shape index (κ3) is 9.62. The molecule has 0 saturated carbocycles. The highest BCUT2D eigenvalue weighted by molar-refractivity contribution is 4.88. The zero-order valence-electron chi connectivity index (χ0n) is 22.1. The minimum absolute atomic E-state index is 0.662. The molecule has 2 unspecified atom stereocenters. The molecule has 6 N–H and O–H groups in total. The molecule has 0 radical (unpaired) electrons. The lowest BCUT2D eigenvalue weighted by molar-refractivity contribution is -0.0660. The van der Waals surface area contributed by atoms with Gasteiger partial charge in [-0.1, -0.05) is 0 Å². The Morgan fingerprint density at radius 1 is 0.529 bits per heavy atom. The molecule has 0 spiro atoms. The van der Waals surface area contributed by atoms with Gasteiger partial charge in [-0.3, -0.25) is 19.6 Å². The van der Waals surface area contributed by atoms with Crippen molar-refractivity contribution in [1.29, 1.82) is 0 Å². The van der Waals surface area contributed by atoms with Gasteiger partial charge in [-0.2, -0.15) is 0 Å². The fraction of sp³-hybridized carbons (Fsp3) is 1.00. The lowest BCUT2D eigenvalue weighted by Gasteiger charge is -2.51. The molecule has 0 aromatic heterocycles. The quantitative estimate of drug-likeness (QED) is 0.242. The molecule has 3 saturated heterocycles. The molecular formula is C26H56N8. The second kappa shape index (κ2) is 17.2. The van der Waals surface area contributed by atoms with Gasteiger partial charge in [0, 0.05) is 39.3 Å². The lowest BCUT2D eigenvalue weighted by Crippen LogP contribution is -2.61. The number of hydrogen-bond donors (Lipinski definition) is 4. The van der Waals surface area contributed by atoms with E-state index in [9.17, 15) is 0 Å². The van der Waals surface area contributed by atoms with Crippen molar-refractivity contribution < 1.29 is 0 Å². The summed E-state index contributed by atoms with van der Waals surface area (Å²) in [6.45, 7) is 16.2.